The standard InChI is InChI=1S/C26H43N3O9/c1-23(2,3)19(30)34-14(13-28-29-27)15-16(36-20(31)24(4,5)6)17(37-21(32)25(7,8)9)18(35-15)38-22(33)26(10,11)12/h14-18H,13H2,1-12H3/t14-,15+,16+,17-,18+/m1/s1. The van der Waals surface area contributed by atoms with Gasteiger partial charge in [-0.3, -0.25) is 19.2 Å². The third kappa shape index (κ3) is 9.16. The monoisotopic (exact) mass is 541 g/mol. The van der Waals surface area contributed by atoms with Crippen LogP contribution in [0.5, 0.6) is 0 Å². The fraction of sp³-hybridized carbons (Fsp3) is 0.846. The van der Waals surface area contributed by atoms with Gasteiger partial charge in [-0.25, -0.2) is 0 Å². The highest BCUT2D eigenvalue weighted by atomic mass is 16.8. The lowest BCUT2D eigenvalue weighted by Gasteiger charge is -2.31. The number of nitrogens with zero attached hydrogens (tertiary/aromatic N) is 3. The van der Waals surface area contributed by atoms with E-state index in [2.05, 4.69) is 10.0 Å². The summed E-state index contributed by atoms with van der Waals surface area (Å²) in [7, 11) is 0. The minimum Gasteiger partial charge on any atom is -0.459 e. The Hall–Kier alpha value is -2.85. The molecule has 0 saturated carbocycles. The van der Waals surface area contributed by atoms with Gasteiger partial charge in [0, 0.05) is 4.91 Å². The minimum absolute atomic E-state index is 0.383. The molecule has 0 radical (unpaired) electrons. The molecule has 1 saturated heterocycles. The molecule has 1 fully saturated rings. The van der Waals surface area contributed by atoms with E-state index in [4.69, 9.17) is 29.2 Å². The first-order valence-corrected chi connectivity index (χ1v) is 12.5. The van der Waals surface area contributed by atoms with E-state index in [1.54, 1.807) is 83.1 Å². The normalized spacial score (nSPS) is 23.1. The number of azide groups is 1. The predicted octanol–water partition coefficient (Wildman–Crippen LogP) is 4.48. The molecule has 216 valence electrons. The van der Waals surface area contributed by atoms with Crippen molar-refractivity contribution in [3.63, 3.8) is 0 Å². The van der Waals surface area contributed by atoms with Crippen molar-refractivity contribution >= 4 is 23.9 Å². The third-order valence-corrected chi connectivity index (χ3v) is 5.32. The average Bonchev–Trinajstić information content (AvgIpc) is 3.04. The van der Waals surface area contributed by atoms with E-state index in [-0.39, 0.29) is 6.54 Å². The number of esters is 4. The molecule has 5 atom stereocenters. The van der Waals surface area contributed by atoms with Gasteiger partial charge in [0.25, 0.3) is 0 Å². The van der Waals surface area contributed by atoms with Crippen LogP contribution in [0.2, 0.25) is 0 Å². The Labute approximate surface area is 224 Å². The maximum atomic E-state index is 13.0. The highest BCUT2D eigenvalue weighted by molar-refractivity contribution is 5.78. The van der Waals surface area contributed by atoms with Gasteiger partial charge in [0.05, 0.1) is 28.2 Å². The van der Waals surface area contributed by atoms with Gasteiger partial charge >= 0.3 is 23.9 Å². The summed E-state index contributed by atoms with van der Waals surface area (Å²) in [5.41, 5.74) is 5.14. The van der Waals surface area contributed by atoms with Gasteiger partial charge < -0.3 is 23.7 Å². The number of carbonyl (C=O) groups excluding carboxylic acids is 4. The second kappa shape index (κ2) is 11.9. The van der Waals surface area contributed by atoms with E-state index in [0.717, 1.165) is 0 Å². The molecule has 0 bridgehead atoms. The molecule has 0 amide bonds. The second-order valence-corrected chi connectivity index (χ2v) is 13.5. The van der Waals surface area contributed by atoms with Crippen molar-refractivity contribution < 1.29 is 42.9 Å². The molecule has 0 aliphatic carbocycles. The van der Waals surface area contributed by atoms with E-state index in [1.807, 2.05) is 0 Å². The Morgan fingerprint density at radius 3 is 1.50 bits per heavy atom. The maximum absolute atomic E-state index is 13.0. The average molecular weight is 542 g/mol. The van der Waals surface area contributed by atoms with E-state index in [1.165, 1.54) is 0 Å². The Bertz CT molecular complexity index is 945. The van der Waals surface area contributed by atoms with Crippen LogP contribution >= 0.6 is 0 Å². The van der Waals surface area contributed by atoms with Crippen molar-refractivity contribution in [3.8, 4) is 0 Å². The highest BCUT2D eigenvalue weighted by Crippen LogP contribution is 2.36. The Balaban J connectivity index is 3.66. The number of carbonyl (C=O) groups is 4. The van der Waals surface area contributed by atoms with E-state index in [0.29, 0.717) is 0 Å². The number of hydrogen-bond donors (Lipinski definition) is 0. The van der Waals surface area contributed by atoms with Crippen LogP contribution in [-0.2, 0) is 42.9 Å². The van der Waals surface area contributed by atoms with Crippen LogP contribution in [0, 0.1) is 21.7 Å². The topological polar surface area (TPSA) is 163 Å². The molecule has 1 aliphatic rings. The van der Waals surface area contributed by atoms with Crippen LogP contribution in [0.3, 0.4) is 0 Å². The van der Waals surface area contributed by atoms with E-state index < -0.39 is 76.2 Å². The first-order valence-electron chi connectivity index (χ1n) is 12.5. The van der Waals surface area contributed by atoms with Crippen LogP contribution in [-0.4, -0.2) is 61.1 Å². The van der Waals surface area contributed by atoms with Gasteiger partial charge in [-0.1, -0.05) is 5.11 Å². The van der Waals surface area contributed by atoms with Crippen molar-refractivity contribution in [1.29, 1.82) is 0 Å². The van der Waals surface area contributed by atoms with Gasteiger partial charge in [-0.05, 0) is 88.6 Å². The summed E-state index contributed by atoms with van der Waals surface area (Å²) in [5, 5.41) is 3.53. The summed E-state index contributed by atoms with van der Waals surface area (Å²) in [6.07, 6.45) is -6.82. The van der Waals surface area contributed by atoms with Gasteiger partial charge in [-0.2, -0.15) is 0 Å². The van der Waals surface area contributed by atoms with Crippen LogP contribution in [0.4, 0.5) is 0 Å². The van der Waals surface area contributed by atoms with Crippen molar-refractivity contribution in [2.45, 2.75) is 114 Å². The summed E-state index contributed by atoms with van der Waals surface area (Å²) in [6, 6.07) is 0. The summed E-state index contributed by atoms with van der Waals surface area (Å²) < 4.78 is 28.7. The largest absolute Gasteiger partial charge is 0.459 e. The zero-order valence-corrected chi connectivity index (χ0v) is 24.6. The van der Waals surface area contributed by atoms with Gasteiger partial charge in [-0.15, -0.1) is 0 Å². The zero-order chi connectivity index (χ0) is 29.9. The minimum atomic E-state index is -1.50. The fourth-order valence-electron chi connectivity index (χ4n) is 2.82. The molecular weight excluding hydrogens is 498 g/mol. The van der Waals surface area contributed by atoms with Crippen LogP contribution < -0.4 is 0 Å². The molecule has 0 unspecified atom stereocenters. The lowest BCUT2D eigenvalue weighted by Crippen LogP contribution is -2.49. The quantitative estimate of drug-likeness (QED) is 0.148. The first kappa shape index (κ1) is 33.2. The van der Waals surface area contributed by atoms with Crippen molar-refractivity contribution in [3.05, 3.63) is 10.4 Å². The fourth-order valence-corrected chi connectivity index (χ4v) is 2.82. The summed E-state index contributed by atoms with van der Waals surface area (Å²) >= 11 is 0. The first-order chi connectivity index (χ1) is 17.0. The lowest BCUT2D eigenvalue weighted by molar-refractivity contribution is -0.211. The summed E-state index contributed by atoms with van der Waals surface area (Å²) in [4.78, 5) is 54.2. The molecule has 0 spiro atoms. The van der Waals surface area contributed by atoms with Gasteiger partial charge in [0.1, 0.15) is 12.2 Å². The number of rotatable bonds is 7. The molecular formula is C26H43N3O9. The predicted molar refractivity (Wildman–Crippen MR) is 136 cm³/mol. The molecule has 0 aromatic carbocycles. The smallest absolute Gasteiger partial charge is 0.313 e. The Kier molecular flexibility index (Phi) is 10.4. The SMILES string of the molecule is CC(C)(C)C(=O)O[C@@H]1O[C@@H]([C@@H](CN=[N+]=[N-])OC(=O)C(C)(C)C)[C@H](OC(=O)C(C)(C)C)[C@H]1OC(=O)C(C)(C)C. The molecule has 0 N–H and O–H groups in total. The molecule has 0 aromatic rings. The third-order valence-electron chi connectivity index (χ3n) is 5.32. The maximum Gasteiger partial charge on any atom is 0.313 e. The van der Waals surface area contributed by atoms with Crippen molar-refractivity contribution in [1.82, 2.24) is 0 Å². The van der Waals surface area contributed by atoms with Crippen LogP contribution in [0.15, 0.2) is 5.11 Å². The van der Waals surface area contributed by atoms with Crippen LogP contribution in [0.25, 0.3) is 10.4 Å². The summed E-state index contributed by atoms with van der Waals surface area (Å²) in [6.45, 7) is 19.2. The second-order valence-electron chi connectivity index (χ2n) is 13.5. The Morgan fingerprint density at radius 2 is 1.11 bits per heavy atom. The van der Waals surface area contributed by atoms with Crippen LogP contribution in [0.1, 0.15) is 83.1 Å². The van der Waals surface area contributed by atoms with Crippen molar-refractivity contribution in [2.75, 3.05) is 6.54 Å². The zero-order valence-electron chi connectivity index (χ0n) is 24.6. The van der Waals surface area contributed by atoms with Gasteiger partial charge in [0.15, 0.2) is 6.10 Å². The Morgan fingerprint density at radius 1 is 0.711 bits per heavy atom. The molecule has 12 heteroatoms. The molecule has 0 aromatic heterocycles. The lowest BCUT2D eigenvalue weighted by atomic mass is 9.95. The number of hydrogen-bond acceptors (Lipinski definition) is 10. The van der Waals surface area contributed by atoms with Crippen molar-refractivity contribution in [2.24, 2.45) is 26.8 Å². The molecule has 1 rings (SSSR count). The molecule has 38 heavy (non-hydrogen) atoms. The van der Waals surface area contributed by atoms with E-state index in [9.17, 15) is 19.2 Å². The summed E-state index contributed by atoms with van der Waals surface area (Å²) in [5.74, 6) is -2.64. The molecule has 12 nitrogen and oxygen atoms in total. The van der Waals surface area contributed by atoms with Gasteiger partial charge in [0.2, 0.25) is 12.4 Å². The van der Waals surface area contributed by atoms with E-state index >= 15 is 0 Å². The molecule has 1 heterocycles. The molecule has 1 aliphatic heterocycles. The number of ether oxygens (including phenoxy) is 5. The highest BCUT2D eigenvalue weighted by Gasteiger charge is 2.56.